The Hall–Kier alpha value is -2.98. The van der Waals surface area contributed by atoms with Crippen LogP contribution in [-0.4, -0.2) is 50.1 Å². The van der Waals surface area contributed by atoms with Crippen molar-refractivity contribution in [3.63, 3.8) is 0 Å². The van der Waals surface area contributed by atoms with E-state index in [1.54, 1.807) is 20.8 Å². The Morgan fingerprint density at radius 2 is 2.04 bits per heavy atom. The number of rotatable bonds is 10. The molecular weight excluding hydrogens is 348 g/mol. The number of esters is 1. The molecule has 0 aliphatic heterocycles. The summed E-state index contributed by atoms with van der Waals surface area (Å²) in [5.74, 6) is -2.45. The molecule has 0 saturated heterocycles. The molecule has 0 unspecified atom stereocenters. The summed E-state index contributed by atoms with van der Waals surface area (Å²) in [7, 11) is 0. The topological polar surface area (TPSA) is 154 Å². The summed E-state index contributed by atoms with van der Waals surface area (Å²) in [6.45, 7) is 4.86. The van der Waals surface area contributed by atoms with Gasteiger partial charge in [0, 0.05) is 13.3 Å². The molecule has 1 aromatic heterocycles. The largest absolute Gasteiger partial charge is 0.480 e. The van der Waals surface area contributed by atoms with Crippen LogP contribution in [0.3, 0.4) is 0 Å². The summed E-state index contributed by atoms with van der Waals surface area (Å²) >= 11 is 0. The average Bonchev–Trinajstić information content (AvgIpc) is 2.91. The number of nitro groups is 1. The number of hydrogen-bond acceptors (Lipinski definition) is 7. The number of amides is 1. The minimum Gasteiger partial charge on any atom is -0.480 e. The van der Waals surface area contributed by atoms with Gasteiger partial charge in [-0.05, 0) is 10.8 Å². The third-order valence-electron chi connectivity index (χ3n) is 3.60. The van der Waals surface area contributed by atoms with Crippen LogP contribution in [0.25, 0.3) is 0 Å². The smallest absolute Gasteiger partial charge is 0.342 e. The minimum atomic E-state index is -1.15. The van der Waals surface area contributed by atoms with E-state index >= 15 is 0 Å². The lowest BCUT2D eigenvalue weighted by molar-refractivity contribution is -0.392. The normalized spacial score (nSPS) is 11.8. The molecule has 0 fully saturated rings. The molecule has 11 heteroatoms. The Kier molecular flexibility index (Phi) is 7.69. The van der Waals surface area contributed by atoms with Crippen molar-refractivity contribution in [3.8, 4) is 0 Å². The number of ether oxygens (including phenoxy) is 1. The summed E-state index contributed by atoms with van der Waals surface area (Å²) in [6, 6.07) is -1.02. The van der Waals surface area contributed by atoms with Crippen LogP contribution in [0.5, 0.6) is 0 Å². The van der Waals surface area contributed by atoms with Gasteiger partial charge in [-0.2, -0.15) is 0 Å². The molecule has 1 amide bonds. The van der Waals surface area contributed by atoms with Crippen molar-refractivity contribution in [1.82, 2.24) is 14.9 Å². The number of hydrogen-bond donors (Lipinski definition) is 2. The number of carbonyl (C=O) groups is 3. The average molecular weight is 370 g/mol. The fourth-order valence-corrected chi connectivity index (χ4v) is 2.18. The van der Waals surface area contributed by atoms with Gasteiger partial charge in [-0.25, -0.2) is 14.3 Å². The fourth-order valence-electron chi connectivity index (χ4n) is 2.18. The number of nitrogens with one attached hydrogen (secondary N) is 1. The van der Waals surface area contributed by atoms with E-state index in [-0.39, 0.29) is 37.7 Å². The summed E-state index contributed by atoms with van der Waals surface area (Å²) in [5, 5.41) is 22.2. The second-order valence-corrected chi connectivity index (χ2v) is 5.92. The van der Waals surface area contributed by atoms with Gasteiger partial charge in [0.1, 0.15) is 25.4 Å². The van der Waals surface area contributed by atoms with Crippen molar-refractivity contribution in [2.24, 2.45) is 5.92 Å². The third-order valence-corrected chi connectivity index (χ3v) is 3.60. The molecule has 0 radical (unpaired) electrons. The SMILES string of the molecule is Cc1ncc([N+](=O)[O-])n1CCOC(=O)CCC(=O)N[C@H](C(=O)O)C(C)C. The van der Waals surface area contributed by atoms with E-state index in [1.165, 1.54) is 4.57 Å². The van der Waals surface area contributed by atoms with E-state index in [2.05, 4.69) is 10.3 Å². The fraction of sp³-hybridized carbons (Fsp3) is 0.600. The standard InChI is InChI=1S/C15H22N4O7/c1-9(2)14(15(22)23)17-11(20)4-5-13(21)26-7-6-18-10(3)16-8-12(18)19(24)25/h8-9,14H,4-7H2,1-3H3,(H,17,20)(H,22,23)/t14-/m0/s1. The Bertz CT molecular complexity index is 684. The van der Waals surface area contributed by atoms with E-state index in [1.807, 2.05) is 0 Å². The lowest BCUT2D eigenvalue weighted by Gasteiger charge is -2.17. The quantitative estimate of drug-likeness (QED) is 0.346. The molecule has 0 aromatic carbocycles. The van der Waals surface area contributed by atoms with Crippen LogP contribution in [0.2, 0.25) is 0 Å². The summed E-state index contributed by atoms with van der Waals surface area (Å²) in [6.07, 6.45) is 0.690. The van der Waals surface area contributed by atoms with Gasteiger partial charge in [-0.1, -0.05) is 13.8 Å². The lowest BCUT2D eigenvalue weighted by Crippen LogP contribution is -2.44. The maximum Gasteiger partial charge on any atom is 0.342 e. The number of aromatic nitrogens is 2. The van der Waals surface area contributed by atoms with Crippen LogP contribution in [0.4, 0.5) is 5.82 Å². The predicted octanol–water partition coefficient (Wildman–Crippen LogP) is 0.649. The maximum atomic E-state index is 11.7. The molecule has 1 rings (SSSR count). The van der Waals surface area contributed by atoms with Crippen LogP contribution >= 0.6 is 0 Å². The van der Waals surface area contributed by atoms with E-state index in [9.17, 15) is 24.5 Å². The zero-order valence-corrected chi connectivity index (χ0v) is 14.8. The van der Waals surface area contributed by atoms with Crippen LogP contribution < -0.4 is 5.32 Å². The van der Waals surface area contributed by atoms with E-state index in [0.717, 1.165) is 6.20 Å². The molecule has 26 heavy (non-hydrogen) atoms. The molecule has 144 valence electrons. The van der Waals surface area contributed by atoms with Gasteiger partial charge in [0.15, 0.2) is 5.82 Å². The van der Waals surface area contributed by atoms with Crippen molar-refractivity contribution < 1.29 is 29.2 Å². The molecule has 1 aromatic rings. The summed E-state index contributed by atoms with van der Waals surface area (Å²) in [5.41, 5.74) is 0. The molecule has 1 atom stereocenters. The van der Waals surface area contributed by atoms with Gasteiger partial charge in [0.05, 0.1) is 6.42 Å². The molecule has 0 aliphatic rings. The zero-order valence-electron chi connectivity index (χ0n) is 14.8. The van der Waals surface area contributed by atoms with Gasteiger partial charge >= 0.3 is 17.8 Å². The van der Waals surface area contributed by atoms with Crippen LogP contribution in [0.1, 0.15) is 32.5 Å². The minimum absolute atomic E-state index is 0.0640. The highest BCUT2D eigenvalue weighted by Gasteiger charge is 2.23. The van der Waals surface area contributed by atoms with Gasteiger partial charge in [0.2, 0.25) is 5.91 Å². The highest BCUT2D eigenvalue weighted by atomic mass is 16.6. The molecule has 0 spiro atoms. The third kappa shape index (κ3) is 6.15. The van der Waals surface area contributed by atoms with E-state index in [4.69, 9.17) is 9.84 Å². The number of carbonyl (C=O) groups excluding carboxylic acids is 2. The van der Waals surface area contributed by atoms with Crippen molar-refractivity contribution in [2.75, 3.05) is 6.61 Å². The maximum absolute atomic E-state index is 11.7. The van der Waals surface area contributed by atoms with Gasteiger partial charge in [-0.3, -0.25) is 9.59 Å². The van der Waals surface area contributed by atoms with Crippen molar-refractivity contribution >= 4 is 23.7 Å². The number of carboxylic acids is 1. The van der Waals surface area contributed by atoms with Crippen LogP contribution in [-0.2, 0) is 25.7 Å². The summed E-state index contributed by atoms with van der Waals surface area (Å²) < 4.78 is 6.25. The van der Waals surface area contributed by atoms with Crippen molar-refractivity contribution in [3.05, 3.63) is 22.1 Å². The van der Waals surface area contributed by atoms with Crippen molar-refractivity contribution in [1.29, 1.82) is 0 Å². The number of aryl methyl sites for hydroxylation is 1. The summed E-state index contributed by atoms with van der Waals surface area (Å²) in [4.78, 5) is 48.5. The first kappa shape index (κ1) is 21.1. The highest BCUT2D eigenvalue weighted by Crippen LogP contribution is 2.13. The number of nitrogens with zero attached hydrogens (tertiary/aromatic N) is 3. The Morgan fingerprint density at radius 3 is 2.58 bits per heavy atom. The first-order chi connectivity index (χ1) is 12.1. The molecule has 11 nitrogen and oxygen atoms in total. The van der Waals surface area contributed by atoms with Gasteiger partial charge < -0.3 is 25.3 Å². The molecule has 2 N–H and O–H groups in total. The van der Waals surface area contributed by atoms with Gasteiger partial charge in [0.25, 0.3) is 0 Å². The molecule has 0 aliphatic carbocycles. The molecule has 0 saturated carbocycles. The number of imidazole rings is 1. The second-order valence-electron chi connectivity index (χ2n) is 5.92. The second kappa shape index (κ2) is 9.49. The number of carboxylic acid groups (broad SMARTS) is 1. The predicted molar refractivity (Wildman–Crippen MR) is 88.2 cm³/mol. The van der Waals surface area contributed by atoms with Crippen molar-refractivity contribution in [2.45, 2.75) is 46.2 Å². The number of aliphatic carboxylic acids is 1. The first-order valence-corrected chi connectivity index (χ1v) is 7.97. The monoisotopic (exact) mass is 370 g/mol. The van der Waals surface area contributed by atoms with Gasteiger partial charge in [-0.15, -0.1) is 0 Å². The van der Waals surface area contributed by atoms with E-state index in [0.29, 0.717) is 5.82 Å². The Labute approximate surface area is 149 Å². The first-order valence-electron chi connectivity index (χ1n) is 7.97. The lowest BCUT2D eigenvalue weighted by atomic mass is 10.0. The molecule has 0 bridgehead atoms. The Morgan fingerprint density at radius 1 is 1.38 bits per heavy atom. The van der Waals surface area contributed by atoms with Crippen LogP contribution in [0.15, 0.2) is 6.20 Å². The van der Waals surface area contributed by atoms with Crippen LogP contribution in [0, 0.1) is 23.0 Å². The molecule has 1 heterocycles. The Balaban J connectivity index is 2.39. The molecular formula is C15H22N4O7. The highest BCUT2D eigenvalue weighted by molar-refractivity contribution is 5.85. The zero-order chi connectivity index (χ0) is 19.9. The van der Waals surface area contributed by atoms with E-state index < -0.39 is 28.8 Å².